The van der Waals surface area contributed by atoms with Gasteiger partial charge in [-0.05, 0) is 36.2 Å². The number of methoxy groups -OCH3 is 1. The van der Waals surface area contributed by atoms with Crippen molar-refractivity contribution in [1.82, 2.24) is 0 Å². The fraction of sp³-hybridized carbons (Fsp3) is 0.278. The third-order valence-electron chi connectivity index (χ3n) is 3.84. The van der Waals surface area contributed by atoms with Crippen LogP contribution in [0.3, 0.4) is 0 Å². The number of amides is 1. The van der Waals surface area contributed by atoms with Crippen molar-refractivity contribution in [3.63, 3.8) is 0 Å². The average molecular weight is 352 g/mol. The van der Waals surface area contributed by atoms with Gasteiger partial charge in [0.1, 0.15) is 5.75 Å². The van der Waals surface area contributed by atoms with Crippen molar-refractivity contribution in [3.05, 3.63) is 53.6 Å². The van der Waals surface area contributed by atoms with Gasteiger partial charge in [-0.25, -0.2) is 0 Å². The van der Waals surface area contributed by atoms with Gasteiger partial charge in [0.05, 0.1) is 24.3 Å². The van der Waals surface area contributed by atoms with Crippen molar-refractivity contribution < 1.29 is 22.7 Å². The van der Waals surface area contributed by atoms with Crippen LogP contribution in [0.1, 0.15) is 30.4 Å². The van der Waals surface area contributed by atoms with E-state index in [1.54, 1.807) is 19.1 Å². The van der Waals surface area contributed by atoms with Crippen molar-refractivity contribution in [2.45, 2.75) is 25.4 Å². The van der Waals surface area contributed by atoms with Crippen molar-refractivity contribution in [1.29, 1.82) is 0 Å². The highest BCUT2D eigenvalue weighted by molar-refractivity contribution is 5.96. The minimum atomic E-state index is -4.45. The van der Waals surface area contributed by atoms with E-state index in [1.807, 2.05) is 0 Å². The zero-order chi connectivity index (χ0) is 18.6. The molecular formula is C18H19F3N2O2. The lowest BCUT2D eigenvalue weighted by Crippen LogP contribution is -2.21. The van der Waals surface area contributed by atoms with Gasteiger partial charge in [-0.1, -0.05) is 25.1 Å². The van der Waals surface area contributed by atoms with Crippen LogP contribution < -0.4 is 15.8 Å². The molecule has 0 aliphatic heterocycles. The minimum absolute atomic E-state index is 0.316. The molecule has 0 radical (unpaired) electrons. The minimum Gasteiger partial charge on any atom is -0.495 e. The predicted octanol–water partition coefficient (Wildman–Crippen LogP) is 4.43. The van der Waals surface area contributed by atoms with Gasteiger partial charge in [0.25, 0.3) is 0 Å². The number of anilines is 2. The van der Waals surface area contributed by atoms with Crippen LogP contribution in [0.5, 0.6) is 5.75 Å². The first-order valence-corrected chi connectivity index (χ1v) is 7.67. The molecule has 0 saturated heterocycles. The second-order valence-corrected chi connectivity index (χ2v) is 5.53. The molecule has 1 atom stereocenters. The molecule has 0 bridgehead atoms. The number of hydrogen-bond donors (Lipinski definition) is 2. The van der Waals surface area contributed by atoms with Gasteiger partial charge in [-0.15, -0.1) is 0 Å². The molecule has 25 heavy (non-hydrogen) atoms. The van der Waals surface area contributed by atoms with Crippen molar-refractivity contribution in [2.24, 2.45) is 0 Å². The van der Waals surface area contributed by atoms with Crippen LogP contribution in [-0.4, -0.2) is 13.0 Å². The zero-order valence-corrected chi connectivity index (χ0v) is 13.9. The Morgan fingerprint density at radius 3 is 2.52 bits per heavy atom. The largest absolute Gasteiger partial charge is 0.495 e. The molecule has 4 nitrogen and oxygen atoms in total. The summed E-state index contributed by atoms with van der Waals surface area (Å²) in [5, 5.41) is 2.69. The highest BCUT2D eigenvalue weighted by Crippen LogP contribution is 2.32. The Morgan fingerprint density at radius 1 is 1.24 bits per heavy atom. The molecule has 0 aliphatic rings. The Hall–Kier alpha value is -2.70. The van der Waals surface area contributed by atoms with Gasteiger partial charge in [-0.2, -0.15) is 13.2 Å². The molecule has 134 valence electrons. The third-order valence-corrected chi connectivity index (χ3v) is 3.84. The van der Waals surface area contributed by atoms with Crippen molar-refractivity contribution in [3.8, 4) is 5.75 Å². The zero-order valence-electron chi connectivity index (χ0n) is 13.9. The first-order chi connectivity index (χ1) is 11.8. The Labute approximate surface area is 143 Å². The summed E-state index contributed by atoms with van der Waals surface area (Å²) in [4.78, 5) is 12.5. The molecule has 0 aromatic heterocycles. The van der Waals surface area contributed by atoms with E-state index < -0.39 is 23.6 Å². The normalized spacial score (nSPS) is 12.5. The first kappa shape index (κ1) is 18.6. The molecule has 0 aliphatic carbocycles. The van der Waals surface area contributed by atoms with E-state index in [9.17, 15) is 18.0 Å². The second-order valence-electron chi connectivity index (χ2n) is 5.53. The van der Waals surface area contributed by atoms with E-state index in [2.05, 4.69) is 5.32 Å². The highest BCUT2D eigenvalue weighted by atomic mass is 19.4. The number of hydrogen-bond acceptors (Lipinski definition) is 3. The maximum atomic E-state index is 12.9. The van der Waals surface area contributed by atoms with Gasteiger partial charge in [0, 0.05) is 5.69 Å². The summed E-state index contributed by atoms with van der Waals surface area (Å²) in [5.74, 6) is -0.625. The second kappa shape index (κ2) is 7.46. The fourth-order valence-corrected chi connectivity index (χ4v) is 2.55. The Kier molecular flexibility index (Phi) is 5.56. The third kappa shape index (κ3) is 4.43. The number of carbonyl (C=O) groups is 1. The van der Waals surface area contributed by atoms with Crippen LogP contribution in [0, 0.1) is 0 Å². The van der Waals surface area contributed by atoms with Crippen LogP contribution in [0.25, 0.3) is 0 Å². The Morgan fingerprint density at radius 2 is 1.96 bits per heavy atom. The maximum absolute atomic E-state index is 12.9. The molecule has 0 fully saturated rings. The van der Waals surface area contributed by atoms with E-state index in [1.165, 1.54) is 25.3 Å². The van der Waals surface area contributed by atoms with E-state index in [4.69, 9.17) is 10.5 Å². The van der Waals surface area contributed by atoms with Gasteiger partial charge < -0.3 is 15.8 Å². The fourth-order valence-electron chi connectivity index (χ4n) is 2.55. The summed E-state index contributed by atoms with van der Waals surface area (Å²) in [6.07, 6.45) is -4.09. The van der Waals surface area contributed by atoms with Gasteiger partial charge in [0.15, 0.2) is 0 Å². The van der Waals surface area contributed by atoms with Crippen LogP contribution in [0.4, 0.5) is 24.5 Å². The number of alkyl halides is 3. The summed E-state index contributed by atoms with van der Waals surface area (Å²) in [7, 11) is 1.48. The number of halogens is 3. The molecule has 2 rings (SSSR count). The monoisotopic (exact) mass is 352 g/mol. The number of nitrogens with one attached hydrogen (secondary N) is 1. The quantitative estimate of drug-likeness (QED) is 0.783. The van der Waals surface area contributed by atoms with E-state index in [-0.39, 0.29) is 0 Å². The molecule has 1 amide bonds. The number of benzene rings is 2. The summed E-state index contributed by atoms with van der Waals surface area (Å²) < 4.78 is 43.7. The summed E-state index contributed by atoms with van der Waals surface area (Å²) in [5.41, 5.74) is 6.14. The van der Waals surface area contributed by atoms with Gasteiger partial charge >= 0.3 is 6.18 Å². The van der Waals surface area contributed by atoms with Crippen LogP contribution in [0.2, 0.25) is 0 Å². The van der Waals surface area contributed by atoms with Crippen LogP contribution in [0.15, 0.2) is 42.5 Å². The van der Waals surface area contributed by atoms with Crippen LogP contribution in [-0.2, 0) is 11.0 Å². The Balaban J connectivity index is 2.23. The number of rotatable bonds is 5. The molecule has 7 heteroatoms. The van der Waals surface area contributed by atoms with Crippen molar-refractivity contribution >= 4 is 17.3 Å². The van der Waals surface area contributed by atoms with E-state index >= 15 is 0 Å². The standard InChI is InChI=1S/C18H19F3N2O2/c1-3-14(11-5-4-6-12(9-11)18(19,20)21)17(24)23-13-7-8-16(25-2)15(22)10-13/h4-10,14H,3,22H2,1-2H3,(H,23,24). The topological polar surface area (TPSA) is 64.3 Å². The predicted molar refractivity (Wildman–Crippen MR) is 90.5 cm³/mol. The molecular weight excluding hydrogens is 333 g/mol. The molecule has 0 spiro atoms. The molecule has 1 unspecified atom stereocenters. The van der Waals surface area contributed by atoms with E-state index in [0.29, 0.717) is 29.1 Å². The SMILES string of the molecule is CCC(C(=O)Nc1ccc(OC)c(N)c1)c1cccc(C(F)(F)F)c1. The highest BCUT2D eigenvalue weighted by Gasteiger charge is 2.31. The number of nitrogens with two attached hydrogens (primary N) is 1. The molecule has 2 aromatic carbocycles. The van der Waals surface area contributed by atoms with Gasteiger partial charge in [0.2, 0.25) is 5.91 Å². The number of carbonyl (C=O) groups excluding carboxylic acids is 1. The van der Waals surface area contributed by atoms with Gasteiger partial charge in [-0.3, -0.25) is 4.79 Å². The molecule has 2 aromatic rings. The Bertz CT molecular complexity index is 760. The lowest BCUT2D eigenvalue weighted by atomic mass is 9.94. The summed E-state index contributed by atoms with van der Waals surface area (Å²) >= 11 is 0. The first-order valence-electron chi connectivity index (χ1n) is 7.67. The molecule has 0 saturated carbocycles. The summed E-state index contributed by atoms with van der Waals surface area (Å²) in [6.45, 7) is 1.74. The lowest BCUT2D eigenvalue weighted by molar-refractivity contribution is -0.137. The number of nitrogen functional groups attached to an aromatic ring is 1. The molecule has 0 heterocycles. The smallest absolute Gasteiger partial charge is 0.416 e. The van der Waals surface area contributed by atoms with Crippen molar-refractivity contribution in [2.75, 3.05) is 18.2 Å². The molecule has 3 N–H and O–H groups in total. The maximum Gasteiger partial charge on any atom is 0.416 e. The van der Waals surface area contributed by atoms with E-state index in [0.717, 1.165) is 12.1 Å². The lowest BCUT2D eigenvalue weighted by Gasteiger charge is -2.17. The average Bonchev–Trinajstić information content (AvgIpc) is 2.55. The van der Waals surface area contributed by atoms with Crippen LogP contribution >= 0.6 is 0 Å². The number of ether oxygens (including phenoxy) is 1. The summed E-state index contributed by atoms with van der Waals surface area (Å²) in [6, 6.07) is 9.58.